The molecule has 1 atom stereocenters. The fourth-order valence-corrected chi connectivity index (χ4v) is 2.73. The number of rotatable bonds is 1. The molecule has 2 heterocycles. The minimum absolute atomic E-state index is 0.239. The van der Waals surface area contributed by atoms with Gasteiger partial charge in [-0.15, -0.1) is 0 Å². The molecule has 1 aliphatic rings. The number of amides is 2. The summed E-state index contributed by atoms with van der Waals surface area (Å²) in [5.74, 6) is 0.239. The summed E-state index contributed by atoms with van der Waals surface area (Å²) in [5.41, 5.74) is 1.28. The van der Waals surface area contributed by atoms with Crippen molar-refractivity contribution in [2.75, 3.05) is 5.32 Å². The predicted octanol–water partition coefficient (Wildman–Crippen LogP) is 0.617. The number of aromatic nitrogens is 2. The van der Waals surface area contributed by atoms with Gasteiger partial charge in [-0.3, -0.25) is 19.2 Å². The third-order valence-electron chi connectivity index (χ3n) is 3.87. The van der Waals surface area contributed by atoms with E-state index in [-0.39, 0.29) is 5.82 Å². The van der Waals surface area contributed by atoms with Crippen molar-refractivity contribution in [1.29, 1.82) is 0 Å². The Bertz CT molecular complexity index is 895. The van der Waals surface area contributed by atoms with E-state index in [1.807, 2.05) is 31.2 Å². The molecule has 2 amide bonds. The minimum atomic E-state index is -0.589. The van der Waals surface area contributed by atoms with Gasteiger partial charge < -0.3 is 5.32 Å². The highest BCUT2D eigenvalue weighted by molar-refractivity contribution is 5.92. The zero-order valence-electron chi connectivity index (χ0n) is 12.5. The van der Waals surface area contributed by atoms with Crippen LogP contribution in [0, 0.1) is 6.92 Å². The van der Waals surface area contributed by atoms with Gasteiger partial charge in [-0.05, 0) is 12.5 Å². The van der Waals surface area contributed by atoms with Crippen LogP contribution in [0.25, 0.3) is 0 Å². The SMILES string of the molecule is Cc1cccc(C2NC(=O)Nc3c2c(=O)n(C)c(=O)n3C)c1. The lowest BCUT2D eigenvalue weighted by Gasteiger charge is -2.28. The molecular weight excluding hydrogens is 284 g/mol. The highest BCUT2D eigenvalue weighted by Gasteiger charge is 2.31. The molecule has 7 nitrogen and oxygen atoms in total. The molecule has 1 aromatic heterocycles. The molecule has 114 valence electrons. The van der Waals surface area contributed by atoms with Crippen LogP contribution in [-0.2, 0) is 14.1 Å². The maximum Gasteiger partial charge on any atom is 0.332 e. The maximum atomic E-state index is 12.5. The first kappa shape index (κ1) is 14.1. The number of anilines is 1. The van der Waals surface area contributed by atoms with E-state index in [1.165, 1.54) is 18.7 Å². The van der Waals surface area contributed by atoms with E-state index in [0.717, 1.165) is 15.7 Å². The van der Waals surface area contributed by atoms with Gasteiger partial charge in [0.1, 0.15) is 5.82 Å². The summed E-state index contributed by atoms with van der Waals surface area (Å²) in [6, 6.07) is 6.52. The molecule has 0 saturated heterocycles. The van der Waals surface area contributed by atoms with E-state index in [4.69, 9.17) is 0 Å². The lowest BCUT2D eigenvalue weighted by molar-refractivity contribution is 0.248. The molecule has 22 heavy (non-hydrogen) atoms. The molecule has 0 fully saturated rings. The van der Waals surface area contributed by atoms with E-state index < -0.39 is 23.3 Å². The van der Waals surface area contributed by atoms with E-state index in [2.05, 4.69) is 10.6 Å². The Labute approximate surface area is 126 Å². The normalized spacial score (nSPS) is 16.7. The van der Waals surface area contributed by atoms with Crippen LogP contribution in [0.4, 0.5) is 10.6 Å². The van der Waals surface area contributed by atoms with Crippen molar-refractivity contribution in [3.8, 4) is 0 Å². The molecule has 7 heteroatoms. The number of hydrogen-bond acceptors (Lipinski definition) is 3. The van der Waals surface area contributed by atoms with Crippen LogP contribution in [0.5, 0.6) is 0 Å². The third-order valence-corrected chi connectivity index (χ3v) is 3.87. The molecule has 1 unspecified atom stereocenters. The molecule has 1 aromatic carbocycles. The van der Waals surface area contributed by atoms with E-state index in [1.54, 1.807) is 0 Å². The molecule has 0 aliphatic carbocycles. The quantitative estimate of drug-likeness (QED) is 0.809. The lowest BCUT2D eigenvalue weighted by atomic mass is 9.97. The molecule has 0 radical (unpaired) electrons. The van der Waals surface area contributed by atoms with Crippen LogP contribution in [0.15, 0.2) is 33.9 Å². The van der Waals surface area contributed by atoms with Gasteiger partial charge in [-0.2, -0.15) is 0 Å². The fourth-order valence-electron chi connectivity index (χ4n) is 2.73. The van der Waals surface area contributed by atoms with Gasteiger partial charge in [0, 0.05) is 14.1 Å². The van der Waals surface area contributed by atoms with E-state index >= 15 is 0 Å². The van der Waals surface area contributed by atoms with Crippen molar-refractivity contribution >= 4 is 11.8 Å². The highest BCUT2D eigenvalue weighted by atomic mass is 16.2. The largest absolute Gasteiger partial charge is 0.332 e. The number of nitrogens with zero attached hydrogens (tertiary/aromatic N) is 2. The topological polar surface area (TPSA) is 85.1 Å². The molecule has 0 saturated carbocycles. The van der Waals surface area contributed by atoms with Crippen molar-refractivity contribution in [3.63, 3.8) is 0 Å². The minimum Gasteiger partial charge on any atom is -0.327 e. The Hall–Kier alpha value is -2.83. The number of benzene rings is 1. The van der Waals surface area contributed by atoms with Crippen LogP contribution < -0.4 is 21.9 Å². The predicted molar refractivity (Wildman–Crippen MR) is 82.1 cm³/mol. The number of hydrogen-bond donors (Lipinski definition) is 2. The van der Waals surface area contributed by atoms with Gasteiger partial charge in [0.25, 0.3) is 5.56 Å². The van der Waals surface area contributed by atoms with Crippen LogP contribution >= 0.6 is 0 Å². The molecule has 0 bridgehead atoms. The van der Waals surface area contributed by atoms with Crippen LogP contribution in [0.3, 0.4) is 0 Å². The average Bonchev–Trinajstić information content (AvgIpc) is 2.50. The van der Waals surface area contributed by atoms with Crippen molar-refractivity contribution in [1.82, 2.24) is 14.5 Å². The Morgan fingerprint density at radius 2 is 1.82 bits per heavy atom. The first-order valence-corrected chi connectivity index (χ1v) is 6.84. The standard InChI is InChI=1S/C15H16N4O3/c1-8-5-4-6-9(7-8)11-10-12(17-14(21)16-11)18(2)15(22)19(3)13(10)20/h4-7,11H,1-3H3,(H2,16,17,21). The summed E-state index contributed by atoms with van der Waals surface area (Å²) in [5, 5.41) is 5.30. The Morgan fingerprint density at radius 3 is 2.50 bits per heavy atom. The summed E-state index contributed by atoms with van der Waals surface area (Å²) in [7, 11) is 2.95. The Morgan fingerprint density at radius 1 is 1.09 bits per heavy atom. The van der Waals surface area contributed by atoms with Crippen molar-refractivity contribution in [3.05, 3.63) is 61.8 Å². The summed E-state index contributed by atoms with van der Waals surface area (Å²) in [4.78, 5) is 36.4. The van der Waals surface area contributed by atoms with Crippen LogP contribution in [0.2, 0.25) is 0 Å². The molecule has 3 rings (SSSR count). The van der Waals surface area contributed by atoms with Gasteiger partial charge in [-0.1, -0.05) is 29.8 Å². The summed E-state index contributed by atoms with van der Waals surface area (Å²) in [6.45, 7) is 1.94. The van der Waals surface area contributed by atoms with Gasteiger partial charge >= 0.3 is 11.7 Å². The van der Waals surface area contributed by atoms with Crippen molar-refractivity contribution < 1.29 is 4.79 Å². The Kier molecular flexibility index (Phi) is 3.13. The smallest absolute Gasteiger partial charge is 0.327 e. The third kappa shape index (κ3) is 2.02. The molecule has 2 N–H and O–H groups in total. The summed E-state index contributed by atoms with van der Waals surface area (Å²) < 4.78 is 2.32. The van der Waals surface area contributed by atoms with Gasteiger partial charge in [0.2, 0.25) is 0 Å². The summed E-state index contributed by atoms with van der Waals surface area (Å²) >= 11 is 0. The fraction of sp³-hybridized carbons (Fsp3) is 0.267. The monoisotopic (exact) mass is 300 g/mol. The number of aryl methyl sites for hydroxylation is 1. The van der Waals surface area contributed by atoms with Crippen LogP contribution in [-0.4, -0.2) is 15.2 Å². The zero-order chi connectivity index (χ0) is 16.0. The number of nitrogens with one attached hydrogen (secondary N) is 2. The van der Waals surface area contributed by atoms with Gasteiger partial charge in [0.15, 0.2) is 0 Å². The van der Waals surface area contributed by atoms with E-state index in [9.17, 15) is 14.4 Å². The lowest BCUT2D eigenvalue weighted by Crippen LogP contribution is -2.49. The van der Waals surface area contributed by atoms with Crippen molar-refractivity contribution in [2.24, 2.45) is 14.1 Å². The average molecular weight is 300 g/mol. The molecule has 0 spiro atoms. The van der Waals surface area contributed by atoms with Crippen molar-refractivity contribution in [2.45, 2.75) is 13.0 Å². The molecule has 2 aromatic rings. The van der Waals surface area contributed by atoms with E-state index in [0.29, 0.717) is 5.56 Å². The van der Waals surface area contributed by atoms with Gasteiger partial charge in [0.05, 0.1) is 11.6 Å². The second kappa shape index (κ2) is 4.87. The summed E-state index contributed by atoms with van der Waals surface area (Å²) in [6.07, 6.45) is 0. The first-order valence-electron chi connectivity index (χ1n) is 6.84. The number of carbonyl (C=O) groups excluding carboxylic acids is 1. The second-order valence-corrected chi connectivity index (χ2v) is 5.41. The molecule has 1 aliphatic heterocycles. The highest BCUT2D eigenvalue weighted by Crippen LogP contribution is 2.28. The molecular formula is C15H16N4O3. The maximum absolute atomic E-state index is 12.5. The Balaban J connectivity index is 2.33. The number of carbonyl (C=O) groups is 1. The van der Waals surface area contributed by atoms with Gasteiger partial charge in [-0.25, -0.2) is 9.59 Å². The van der Waals surface area contributed by atoms with Crippen LogP contribution in [0.1, 0.15) is 22.7 Å². The first-order chi connectivity index (χ1) is 10.4. The number of fused-ring (bicyclic) bond motifs is 1. The second-order valence-electron chi connectivity index (χ2n) is 5.41. The number of urea groups is 1. The zero-order valence-corrected chi connectivity index (χ0v) is 12.5.